The van der Waals surface area contributed by atoms with E-state index in [4.69, 9.17) is 5.73 Å². The molecule has 0 amide bonds. The lowest BCUT2D eigenvalue weighted by Crippen LogP contribution is -2.08. The summed E-state index contributed by atoms with van der Waals surface area (Å²) in [5.41, 5.74) is 5.84. The Morgan fingerprint density at radius 2 is 2.10 bits per heavy atom. The Bertz CT molecular complexity index is 163. The minimum atomic E-state index is -0.979. The molecule has 1 atom stereocenters. The monoisotopic (exact) mass is 160 g/mol. The molecule has 2 N–H and O–H groups in total. The fourth-order valence-electron chi connectivity index (χ4n) is 0.350. The van der Waals surface area contributed by atoms with E-state index in [0.29, 0.717) is 10.7 Å². The highest BCUT2D eigenvalue weighted by Crippen LogP contribution is 1.96. The van der Waals surface area contributed by atoms with Crippen LogP contribution in [0.3, 0.4) is 0 Å². The van der Waals surface area contributed by atoms with Crippen molar-refractivity contribution in [2.45, 2.75) is 13.8 Å². The molecule has 0 fully saturated rings. The molecule has 0 saturated heterocycles. The van der Waals surface area contributed by atoms with Gasteiger partial charge in [-0.25, -0.2) is 4.99 Å². The van der Waals surface area contributed by atoms with Gasteiger partial charge in [0.15, 0.2) is 0 Å². The van der Waals surface area contributed by atoms with Crippen LogP contribution >= 0.6 is 0 Å². The second-order valence-corrected chi connectivity index (χ2v) is 3.39. The summed E-state index contributed by atoms with van der Waals surface area (Å²) in [4.78, 5) is 3.95. The number of nitrogens with two attached hydrogens (primary N) is 1. The molecule has 0 aliphatic carbocycles. The van der Waals surface area contributed by atoms with Crippen molar-refractivity contribution in [1.82, 2.24) is 0 Å². The number of hydrogen-bond donors (Lipinski definition) is 1. The molecule has 4 heteroatoms. The van der Waals surface area contributed by atoms with Gasteiger partial charge in [0.1, 0.15) is 6.26 Å². The lowest BCUT2D eigenvalue weighted by molar-refractivity contribution is 0.611. The smallest absolute Gasteiger partial charge is 0.217 e. The van der Waals surface area contributed by atoms with Gasteiger partial charge in [0.05, 0.1) is 5.70 Å². The molecule has 0 aliphatic rings. The Balaban J connectivity index is 4.17. The molecule has 3 nitrogen and oxygen atoms in total. The zero-order valence-corrected chi connectivity index (χ0v) is 7.23. The van der Waals surface area contributed by atoms with E-state index in [1.54, 1.807) is 20.1 Å². The van der Waals surface area contributed by atoms with E-state index in [1.807, 2.05) is 0 Å². The summed E-state index contributed by atoms with van der Waals surface area (Å²) in [5.74, 6) is 0. The maximum absolute atomic E-state index is 10.7. The zero-order chi connectivity index (χ0) is 8.15. The van der Waals surface area contributed by atoms with E-state index in [1.165, 1.54) is 6.20 Å². The normalized spacial score (nSPS) is 17.2. The first-order valence-electron chi connectivity index (χ1n) is 2.85. The highest BCUT2D eigenvalue weighted by Gasteiger charge is 2.01. The maximum Gasteiger partial charge on any atom is 0.217 e. The fraction of sp³-hybridized carbons (Fsp3) is 0.500. The summed E-state index contributed by atoms with van der Waals surface area (Å²) in [6, 6.07) is 0. The van der Waals surface area contributed by atoms with Crippen LogP contribution in [0.1, 0.15) is 13.8 Å². The molecule has 1 unspecified atom stereocenters. The molecule has 0 bridgehead atoms. The molecule has 0 aliphatic heterocycles. The van der Waals surface area contributed by atoms with Gasteiger partial charge < -0.3 is 10.3 Å². The van der Waals surface area contributed by atoms with Gasteiger partial charge in [-0.3, -0.25) is 0 Å². The molecule has 10 heavy (non-hydrogen) atoms. The van der Waals surface area contributed by atoms with E-state index < -0.39 is 11.2 Å². The molecule has 0 aromatic carbocycles. The highest BCUT2D eigenvalue weighted by atomic mass is 32.2. The third kappa shape index (κ3) is 3.53. The Labute approximate surface area is 64.2 Å². The van der Waals surface area contributed by atoms with Gasteiger partial charge in [0, 0.05) is 13.1 Å². The van der Waals surface area contributed by atoms with Crippen LogP contribution in [0.15, 0.2) is 16.9 Å². The second kappa shape index (κ2) is 4.35. The van der Waals surface area contributed by atoms with Crippen molar-refractivity contribution in [3.05, 3.63) is 11.9 Å². The molecule has 0 saturated carbocycles. The third-order valence-electron chi connectivity index (χ3n) is 0.991. The number of aliphatic imine (C=N–C) groups is 1. The van der Waals surface area contributed by atoms with Crippen LogP contribution in [0.25, 0.3) is 0 Å². The maximum atomic E-state index is 10.7. The average molecular weight is 160 g/mol. The molecular weight excluding hydrogens is 148 g/mol. The second-order valence-electron chi connectivity index (χ2n) is 1.89. The van der Waals surface area contributed by atoms with Crippen LogP contribution in [-0.2, 0) is 11.2 Å². The lowest BCUT2D eigenvalue weighted by atomic mass is 10.5. The van der Waals surface area contributed by atoms with Crippen molar-refractivity contribution < 1.29 is 4.55 Å². The molecule has 0 radical (unpaired) electrons. The minimum Gasteiger partial charge on any atom is -0.611 e. The molecule has 0 aromatic rings. The Morgan fingerprint density at radius 3 is 2.40 bits per heavy atom. The lowest BCUT2D eigenvalue weighted by Gasteiger charge is -2.01. The summed E-state index contributed by atoms with van der Waals surface area (Å²) < 4.78 is 10.7. The molecule has 0 rings (SSSR count). The van der Waals surface area contributed by atoms with Crippen molar-refractivity contribution >= 4 is 16.2 Å². The van der Waals surface area contributed by atoms with Crippen LogP contribution < -0.4 is 5.73 Å². The first-order chi connectivity index (χ1) is 4.57. The van der Waals surface area contributed by atoms with Crippen molar-refractivity contribution in [2.75, 3.05) is 6.26 Å². The van der Waals surface area contributed by atoms with Crippen molar-refractivity contribution in [3.63, 3.8) is 0 Å². The quantitative estimate of drug-likeness (QED) is 0.347. The molecule has 0 heterocycles. The topological polar surface area (TPSA) is 61.4 Å². The van der Waals surface area contributed by atoms with Gasteiger partial charge in [-0.1, -0.05) is 0 Å². The van der Waals surface area contributed by atoms with Gasteiger partial charge in [0.2, 0.25) is 5.04 Å². The summed E-state index contributed by atoms with van der Waals surface area (Å²) >= 11 is -0.979. The minimum absolute atomic E-state index is 0.596. The summed E-state index contributed by atoms with van der Waals surface area (Å²) in [7, 11) is 0. The standard InChI is InChI=1S/C6H12N2OS/c1-5(4-7)8-6(2)10(3)9/h4H,7H2,1-3H3/b5-4-,8-6+. The van der Waals surface area contributed by atoms with E-state index in [9.17, 15) is 4.55 Å². The summed E-state index contributed by atoms with van der Waals surface area (Å²) in [6.45, 7) is 3.47. The molecule has 0 aromatic heterocycles. The summed E-state index contributed by atoms with van der Waals surface area (Å²) in [6.07, 6.45) is 2.97. The first kappa shape index (κ1) is 9.52. The van der Waals surface area contributed by atoms with Gasteiger partial charge in [-0.15, -0.1) is 0 Å². The number of hydrogen-bond acceptors (Lipinski definition) is 3. The Kier molecular flexibility index (Phi) is 4.14. The van der Waals surface area contributed by atoms with E-state index in [2.05, 4.69) is 4.99 Å². The molecule has 58 valence electrons. The zero-order valence-electron chi connectivity index (χ0n) is 6.42. The Morgan fingerprint density at radius 1 is 1.60 bits per heavy atom. The number of allylic oxidation sites excluding steroid dienone is 1. The first-order valence-corrected chi connectivity index (χ1v) is 4.41. The predicted octanol–water partition coefficient (Wildman–Crippen LogP) is 0.603. The fourth-order valence-corrected chi connectivity index (χ4v) is 0.622. The highest BCUT2D eigenvalue weighted by molar-refractivity contribution is 8.05. The van der Waals surface area contributed by atoms with Crippen molar-refractivity contribution in [2.24, 2.45) is 10.7 Å². The van der Waals surface area contributed by atoms with Crippen LogP contribution in [0.2, 0.25) is 0 Å². The largest absolute Gasteiger partial charge is 0.611 e. The van der Waals surface area contributed by atoms with E-state index in [-0.39, 0.29) is 0 Å². The van der Waals surface area contributed by atoms with Crippen LogP contribution in [0.5, 0.6) is 0 Å². The number of rotatable bonds is 1. The van der Waals surface area contributed by atoms with Crippen molar-refractivity contribution in [3.8, 4) is 0 Å². The van der Waals surface area contributed by atoms with E-state index in [0.717, 1.165) is 0 Å². The average Bonchev–Trinajstić information content (AvgIpc) is 1.87. The van der Waals surface area contributed by atoms with Gasteiger partial charge in [0.25, 0.3) is 0 Å². The molecular formula is C6H12N2OS. The van der Waals surface area contributed by atoms with Gasteiger partial charge in [-0.2, -0.15) is 0 Å². The summed E-state index contributed by atoms with van der Waals surface area (Å²) in [5, 5.41) is 0.596. The van der Waals surface area contributed by atoms with Gasteiger partial charge in [-0.05, 0) is 18.1 Å². The van der Waals surface area contributed by atoms with Crippen molar-refractivity contribution in [1.29, 1.82) is 0 Å². The number of nitrogens with zero attached hydrogens (tertiary/aromatic N) is 1. The van der Waals surface area contributed by atoms with Crippen LogP contribution in [-0.4, -0.2) is 15.9 Å². The Hall–Kier alpha value is -0.480. The van der Waals surface area contributed by atoms with Crippen LogP contribution in [0, 0.1) is 0 Å². The third-order valence-corrected chi connectivity index (χ3v) is 1.91. The molecule has 0 spiro atoms. The SMILES string of the molecule is CC(=C/N)/N=C(\C)[S+](C)[O-]. The van der Waals surface area contributed by atoms with E-state index >= 15 is 0 Å². The van der Waals surface area contributed by atoms with Crippen LogP contribution in [0.4, 0.5) is 0 Å². The van der Waals surface area contributed by atoms with Gasteiger partial charge >= 0.3 is 0 Å². The predicted molar refractivity (Wildman–Crippen MR) is 45.1 cm³/mol.